The number of carbonyl (C=O) groups is 4. The first-order valence-electron chi connectivity index (χ1n) is 27.1. The molecule has 1 amide bonds. The number of methoxy groups -OCH3 is 2. The largest absolute Gasteiger partial charge is 0.461 e. The van der Waals surface area contributed by atoms with Crippen LogP contribution in [0.1, 0.15) is 137 Å². The average Bonchev–Trinajstić information content (AvgIpc) is 3.37. The van der Waals surface area contributed by atoms with Crippen molar-refractivity contribution in [3.8, 4) is 0 Å². The Balaban J connectivity index is 1.33. The molecule has 6 rings (SSSR count). The number of fused-ring (bicyclic) bond motifs is 4. The number of cyclic esters (lactones) is 1. The minimum atomic E-state index is -2.40. The van der Waals surface area contributed by atoms with Crippen LogP contribution in [0.3, 0.4) is 0 Å². The van der Waals surface area contributed by atoms with E-state index in [4.69, 9.17) is 24.7 Å². The van der Waals surface area contributed by atoms with Crippen molar-refractivity contribution < 1.29 is 53.4 Å². The standard InChI is InChI=1S/C58H87N3O11/c1-36-17-10-9-11-18-37(2)48(60-30-16-20-43-19-12-13-21-46(43)60)35-45-26-23-41(6)58(68,72-45)55(65)56(66)61-29-15-14-22-47(61)57(67)71-50(38(3)32-42-24-27-49(62)51(34-42)69-7)28-25-44(59)33-40(5)53(64)54(70-8)52(63)39(4)31-36/h9-13,17-19,21,33,36,38-39,41-42,44-45,47-51,53-54,62,64,68H,14-16,20,22-32,34-35,59H2,1-8H3/b11-9+,17-10+,37-18+,40-33+/t36-,38-,39-,41?,42+,44+,45?,47?,48?,49-,50+,51-,53-,54+,58-/m1/s1. The van der Waals surface area contributed by atoms with Crippen LogP contribution in [0.5, 0.6) is 0 Å². The Bertz CT molecular complexity index is 2120. The summed E-state index contributed by atoms with van der Waals surface area (Å²) in [6, 6.07) is 6.61. The molecule has 5 aliphatic rings. The second-order valence-electron chi connectivity index (χ2n) is 22.1. The number of amides is 1. The Labute approximate surface area is 429 Å². The molecule has 0 aromatic heterocycles. The lowest BCUT2D eigenvalue weighted by Crippen LogP contribution is -2.61. The van der Waals surface area contributed by atoms with Gasteiger partial charge in [-0.25, -0.2) is 4.79 Å². The Morgan fingerprint density at radius 3 is 2.32 bits per heavy atom. The molecule has 1 aromatic rings. The molecule has 3 fully saturated rings. The second-order valence-corrected chi connectivity index (χ2v) is 22.1. The number of hydrogen-bond donors (Lipinski definition) is 4. The van der Waals surface area contributed by atoms with Gasteiger partial charge >= 0.3 is 5.97 Å². The predicted octanol–water partition coefficient (Wildman–Crippen LogP) is 7.50. The van der Waals surface area contributed by atoms with E-state index in [1.807, 2.05) is 38.1 Å². The van der Waals surface area contributed by atoms with Crippen LogP contribution in [-0.2, 0) is 44.5 Å². The highest BCUT2D eigenvalue weighted by molar-refractivity contribution is 6.39. The van der Waals surface area contributed by atoms with Gasteiger partial charge in [0.1, 0.15) is 24.4 Å². The third kappa shape index (κ3) is 14.2. The number of piperidine rings is 1. The Hall–Kier alpha value is -4.02. The van der Waals surface area contributed by atoms with Crippen molar-refractivity contribution in [3.05, 3.63) is 77.4 Å². The van der Waals surface area contributed by atoms with Gasteiger partial charge in [0.05, 0.1) is 24.4 Å². The highest BCUT2D eigenvalue weighted by Crippen LogP contribution is 2.40. The number of para-hydroxylation sites is 1. The van der Waals surface area contributed by atoms with Crippen molar-refractivity contribution in [2.45, 2.75) is 198 Å². The van der Waals surface area contributed by atoms with Crippen molar-refractivity contribution in [3.63, 3.8) is 0 Å². The summed E-state index contributed by atoms with van der Waals surface area (Å²) in [6.07, 6.45) is 16.4. The van der Waals surface area contributed by atoms with E-state index >= 15 is 0 Å². The molecule has 14 heteroatoms. The summed E-state index contributed by atoms with van der Waals surface area (Å²) >= 11 is 0. The highest BCUT2D eigenvalue weighted by atomic mass is 16.6. The zero-order valence-corrected chi connectivity index (χ0v) is 44.5. The number of aliphatic hydroxyl groups is 3. The lowest BCUT2D eigenvalue weighted by Gasteiger charge is -2.45. The number of aryl methyl sites for hydroxylation is 1. The van der Waals surface area contributed by atoms with Gasteiger partial charge in [-0.3, -0.25) is 14.4 Å². The maximum Gasteiger partial charge on any atom is 0.329 e. The summed E-state index contributed by atoms with van der Waals surface area (Å²) in [5.74, 6) is -6.25. The molecule has 1 aromatic carbocycles. The van der Waals surface area contributed by atoms with Crippen LogP contribution in [0.15, 0.2) is 71.9 Å². The number of Topliss-reactive ketones (excluding diaryl/α,β-unsaturated/α-hetero) is 2. The minimum absolute atomic E-state index is 0.0440. The van der Waals surface area contributed by atoms with Crippen LogP contribution < -0.4 is 10.6 Å². The fraction of sp³-hybridized carbons (Fsp3) is 0.690. The first kappa shape index (κ1) is 57.3. The molecule has 2 saturated heterocycles. The summed E-state index contributed by atoms with van der Waals surface area (Å²) in [5, 5.41) is 34.4. The number of nitrogens with zero attached hydrogens (tertiary/aromatic N) is 2. The fourth-order valence-electron chi connectivity index (χ4n) is 12.1. The molecule has 400 valence electrons. The number of benzene rings is 1. The Morgan fingerprint density at radius 2 is 1.57 bits per heavy atom. The lowest BCUT2D eigenvalue weighted by atomic mass is 9.78. The highest BCUT2D eigenvalue weighted by Gasteiger charge is 2.53. The van der Waals surface area contributed by atoms with Crippen LogP contribution in [0.25, 0.3) is 0 Å². The van der Waals surface area contributed by atoms with Gasteiger partial charge in [-0.15, -0.1) is 0 Å². The van der Waals surface area contributed by atoms with E-state index in [-0.39, 0.29) is 48.6 Å². The molecule has 15 atom stereocenters. The number of aliphatic hydroxyl groups excluding tert-OH is 2. The topological polar surface area (TPSA) is 198 Å². The number of ketones is 2. The Morgan fingerprint density at radius 1 is 0.819 bits per heavy atom. The molecule has 4 heterocycles. The number of hydrogen-bond acceptors (Lipinski definition) is 13. The average molecular weight is 1000 g/mol. The van der Waals surface area contributed by atoms with Gasteiger partial charge in [0, 0.05) is 50.9 Å². The summed E-state index contributed by atoms with van der Waals surface area (Å²) < 4.78 is 24.2. The molecule has 14 nitrogen and oxygen atoms in total. The van der Waals surface area contributed by atoms with Crippen molar-refractivity contribution in [2.75, 3.05) is 32.2 Å². The Kier molecular flexibility index (Phi) is 21.0. The van der Waals surface area contributed by atoms with Gasteiger partial charge in [-0.1, -0.05) is 87.9 Å². The molecule has 5 N–H and O–H groups in total. The van der Waals surface area contributed by atoms with Crippen LogP contribution in [0.4, 0.5) is 5.69 Å². The zero-order chi connectivity index (χ0) is 52.3. The number of carbonyl (C=O) groups excluding carboxylic acids is 4. The van der Waals surface area contributed by atoms with Gasteiger partial charge in [0.25, 0.3) is 11.7 Å². The molecule has 0 radical (unpaired) electrons. The first-order chi connectivity index (χ1) is 34.4. The van der Waals surface area contributed by atoms with E-state index in [2.05, 4.69) is 49.1 Å². The number of anilines is 1. The third-order valence-electron chi connectivity index (χ3n) is 16.6. The van der Waals surface area contributed by atoms with Crippen LogP contribution in [-0.4, -0.2) is 132 Å². The predicted molar refractivity (Wildman–Crippen MR) is 279 cm³/mol. The SMILES string of the molecule is CO[C@@H]1C[C@H](C[C@@H](C)[C@@H]2CC[C@H](N)/C=C(\C)[C@@H](O)[C@@H](OC)C(=O)[C@H](C)C[C@H](C)/C=C/C=C/C=C(\C)C(N3CCCc4ccccc43)CC3CCC(C)[C@@](O)(O3)C(=O)C(=O)N3CCCCC3C(=O)O2)CC[C@H]1O. The fourth-order valence-corrected chi connectivity index (χ4v) is 12.1. The van der Waals surface area contributed by atoms with E-state index in [0.29, 0.717) is 76.2 Å². The van der Waals surface area contributed by atoms with Crippen molar-refractivity contribution in [1.29, 1.82) is 0 Å². The molecule has 2 bridgehead atoms. The molecule has 4 aliphatic heterocycles. The minimum Gasteiger partial charge on any atom is -0.461 e. The van der Waals surface area contributed by atoms with Gasteiger partial charge in [0.15, 0.2) is 5.78 Å². The zero-order valence-electron chi connectivity index (χ0n) is 44.5. The smallest absolute Gasteiger partial charge is 0.329 e. The lowest BCUT2D eigenvalue weighted by molar-refractivity contribution is -0.263. The number of rotatable bonds is 6. The monoisotopic (exact) mass is 1000 g/mol. The summed E-state index contributed by atoms with van der Waals surface area (Å²) in [4.78, 5) is 61.2. The summed E-state index contributed by atoms with van der Waals surface area (Å²) in [5.41, 5.74) is 10.7. The van der Waals surface area contributed by atoms with E-state index in [9.17, 15) is 34.5 Å². The maximum atomic E-state index is 14.6. The van der Waals surface area contributed by atoms with E-state index in [0.717, 1.165) is 37.1 Å². The molecule has 0 spiro atoms. The second kappa shape index (κ2) is 26.5. The van der Waals surface area contributed by atoms with Crippen molar-refractivity contribution in [2.24, 2.45) is 35.3 Å². The van der Waals surface area contributed by atoms with Gasteiger partial charge in [-0.05, 0) is 145 Å². The number of nitrogens with two attached hydrogens (primary N) is 1. The normalized spacial score (nSPS) is 38.5. The number of ether oxygens (including phenoxy) is 4. The van der Waals surface area contributed by atoms with Crippen molar-refractivity contribution in [1.82, 2.24) is 4.90 Å². The third-order valence-corrected chi connectivity index (χ3v) is 16.6. The molecular formula is C58H87N3O11. The van der Waals surface area contributed by atoms with E-state index < -0.39 is 77.9 Å². The van der Waals surface area contributed by atoms with Gasteiger partial charge in [-0.2, -0.15) is 0 Å². The molecule has 72 heavy (non-hydrogen) atoms. The maximum absolute atomic E-state index is 14.6. The summed E-state index contributed by atoms with van der Waals surface area (Å²) in [6.45, 7) is 12.5. The molecule has 4 unspecified atom stereocenters. The first-order valence-corrected chi connectivity index (χ1v) is 27.1. The quantitative estimate of drug-likeness (QED) is 0.124. The van der Waals surface area contributed by atoms with E-state index in [1.54, 1.807) is 27.0 Å². The van der Waals surface area contributed by atoms with Crippen LogP contribution >= 0.6 is 0 Å². The molecule has 1 saturated carbocycles. The van der Waals surface area contributed by atoms with Gasteiger partial charge in [0.2, 0.25) is 5.79 Å². The van der Waals surface area contributed by atoms with Gasteiger partial charge < -0.3 is 49.8 Å². The number of esters is 1. The van der Waals surface area contributed by atoms with Crippen molar-refractivity contribution >= 4 is 29.1 Å². The molecular weight excluding hydrogens is 915 g/mol. The van der Waals surface area contributed by atoms with E-state index in [1.165, 1.54) is 17.6 Å². The van der Waals surface area contributed by atoms with Crippen LogP contribution in [0, 0.1) is 29.6 Å². The molecule has 1 aliphatic carbocycles. The number of allylic oxidation sites excluding steroid dienone is 5. The van der Waals surface area contributed by atoms with Crippen LogP contribution in [0.2, 0.25) is 0 Å². The summed E-state index contributed by atoms with van der Waals surface area (Å²) in [7, 11) is 3.03.